The third-order valence-corrected chi connectivity index (χ3v) is 21.1. The number of nitrogens with one attached hydrogen (secondary N) is 3. The number of halogens is 4. The van der Waals surface area contributed by atoms with Crippen molar-refractivity contribution in [2.24, 2.45) is 17.8 Å². The van der Waals surface area contributed by atoms with E-state index in [0.29, 0.717) is 50.8 Å². The van der Waals surface area contributed by atoms with Crippen LogP contribution in [0.4, 0.5) is 13.2 Å². The Labute approximate surface area is 580 Å². The molecule has 10 atom stereocenters. The number of hydrogen-bond acceptors (Lipinski definition) is 12. The van der Waals surface area contributed by atoms with Crippen molar-refractivity contribution in [3.63, 3.8) is 0 Å². The van der Waals surface area contributed by atoms with Crippen molar-refractivity contribution >= 4 is 82.5 Å². The SMILES string of the molecule is C#CCC1C(=O)N[C@@H]([C@@H](C)CC)C(=O)N(C)[C@@H](C)C(=O)N2CC[C@H]2C(=O)N(C)[C@@H](CC2CCCCC2)C(=O)N(C)CC(=O)N[C@@H](CCc2ccc(C(F)(F)F)c(Cl)c2)C(=O)N2CCC[C@H]2C(=O)NCCCCC(=O)N(C)[C@@H](C(C)C)C(=O)N(C)[C@H](C(=O)N2CCCCC2)CC(=O)N1C. The fourth-order valence-corrected chi connectivity index (χ4v) is 14.4. The molecule has 5 fully saturated rings. The van der Waals surface area contributed by atoms with Gasteiger partial charge in [-0.2, -0.15) is 13.2 Å². The van der Waals surface area contributed by atoms with Crippen LogP contribution in [-0.2, 0) is 70.1 Å². The van der Waals surface area contributed by atoms with Crippen molar-refractivity contribution in [3.05, 3.63) is 34.3 Å². The molecule has 1 aliphatic carbocycles. The lowest BCUT2D eigenvalue weighted by Crippen LogP contribution is -2.65. The van der Waals surface area contributed by atoms with E-state index in [4.69, 9.17) is 18.0 Å². The second kappa shape index (κ2) is 36.0. The molecule has 0 spiro atoms. The summed E-state index contributed by atoms with van der Waals surface area (Å²) in [4.78, 5) is 186. The predicted octanol–water partition coefficient (Wildman–Crippen LogP) is 4.86. The molecular formula is C70H104ClF3N12O12. The van der Waals surface area contributed by atoms with Gasteiger partial charge in [-0.15, -0.1) is 12.3 Å². The Balaban J connectivity index is 1.34. The maximum absolute atomic E-state index is 14.9. The van der Waals surface area contributed by atoms with E-state index in [0.717, 1.165) is 60.5 Å². The van der Waals surface area contributed by atoms with Crippen LogP contribution in [0, 0.1) is 30.1 Å². The van der Waals surface area contributed by atoms with Gasteiger partial charge in [-0.3, -0.25) is 57.5 Å². The van der Waals surface area contributed by atoms with Gasteiger partial charge < -0.3 is 60.0 Å². The molecule has 1 saturated carbocycles. The van der Waals surface area contributed by atoms with E-state index in [1.54, 1.807) is 25.7 Å². The van der Waals surface area contributed by atoms with Gasteiger partial charge in [0, 0.05) is 87.9 Å². The molecule has 1 aromatic rings. The molecule has 0 aromatic heterocycles. The van der Waals surface area contributed by atoms with E-state index in [1.165, 1.54) is 84.7 Å². The molecule has 28 heteroatoms. The zero-order chi connectivity index (χ0) is 72.6. The van der Waals surface area contributed by atoms with Crippen LogP contribution in [0.2, 0.25) is 5.02 Å². The van der Waals surface area contributed by atoms with Crippen LogP contribution >= 0.6 is 11.6 Å². The number of hydrogen-bond donors (Lipinski definition) is 3. The number of carbonyl (C=O) groups is 12. The summed E-state index contributed by atoms with van der Waals surface area (Å²) in [5.41, 5.74) is -0.737. The summed E-state index contributed by atoms with van der Waals surface area (Å²) >= 11 is 6.10. The molecule has 98 heavy (non-hydrogen) atoms. The Kier molecular flexibility index (Phi) is 29.2. The Morgan fingerprint density at radius 1 is 0.663 bits per heavy atom. The van der Waals surface area contributed by atoms with E-state index in [1.807, 2.05) is 6.92 Å². The highest BCUT2D eigenvalue weighted by molar-refractivity contribution is 6.31. The number of nitrogens with zero attached hydrogens (tertiary/aromatic N) is 9. The number of terminal acetylenes is 1. The summed E-state index contributed by atoms with van der Waals surface area (Å²) in [5, 5.41) is 7.87. The average Bonchev–Trinajstić information content (AvgIpc) is 0.870. The molecule has 1 aromatic carbocycles. The molecule has 12 amide bonds. The van der Waals surface area contributed by atoms with Crippen LogP contribution in [0.5, 0.6) is 0 Å². The highest BCUT2D eigenvalue weighted by Gasteiger charge is 2.47. The highest BCUT2D eigenvalue weighted by atomic mass is 35.5. The zero-order valence-electron chi connectivity index (χ0n) is 59.1. The predicted molar refractivity (Wildman–Crippen MR) is 360 cm³/mol. The molecule has 24 nitrogen and oxygen atoms in total. The maximum Gasteiger partial charge on any atom is 0.417 e. The number of carbonyl (C=O) groups excluding carboxylic acids is 12. The number of fused-ring (bicyclic) bond motifs is 2. The third-order valence-electron chi connectivity index (χ3n) is 20.7. The maximum atomic E-state index is 14.9. The largest absolute Gasteiger partial charge is 0.417 e. The van der Waals surface area contributed by atoms with Crippen LogP contribution in [0.25, 0.3) is 0 Å². The van der Waals surface area contributed by atoms with Crippen LogP contribution in [0.3, 0.4) is 0 Å². The van der Waals surface area contributed by atoms with Gasteiger partial charge in [0.05, 0.1) is 23.6 Å². The van der Waals surface area contributed by atoms with Crippen LogP contribution < -0.4 is 16.0 Å². The number of rotatable bonds is 10. The minimum Gasteiger partial charge on any atom is -0.354 e. The van der Waals surface area contributed by atoms with Gasteiger partial charge in [-0.25, -0.2) is 0 Å². The topological polar surface area (TPSA) is 270 Å². The van der Waals surface area contributed by atoms with Crippen molar-refractivity contribution in [3.8, 4) is 12.3 Å². The first-order valence-corrected chi connectivity index (χ1v) is 35.3. The normalized spacial score (nSPS) is 27.1. The number of aryl methyl sites for hydroxylation is 1. The first-order chi connectivity index (χ1) is 46.2. The molecule has 1 unspecified atom stereocenters. The van der Waals surface area contributed by atoms with Crippen molar-refractivity contribution in [1.29, 1.82) is 0 Å². The monoisotopic (exact) mass is 1400 g/mol. The summed E-state index contributed by atoms with van der Waals surface area (Å²) in [5.74, 6) is -5.96. The van der Waals surface area contributed by atoms with E-state index < -0.39 is 167 Å². The number of likely N-dealkylation sites (tertiary alicyclic amines) is 1. The van der Waals surface area contributed by atoms with Crippen LogP contribution in [-0.4, -0.2) is 251 Å². The van der Waals surface area contributed by atoms with Gasteiger partial charge in [0.2, 0.25) is 70.9 Å². The second-order valence-electron chi connectivity index (χ2n) is 27.8. The number of likely N-dealkylation sites (N-methyl/N-ethyl adjacent to an activating group) is 6. The molecule has 5 aliphatic rings. The van der Waals surface area contributed by atoms with Gasteiger partial charge in [0.15, 0.2) is 0 Å². The molecule has 4 aliphatic heterocycles. The molecule has 6 rings (SSSR count). The summed E-state index contributed by atoms with van der Waals surface area (Å²) in [7, 11) is 8.48. The number of alkyl halides is 3. The first kappa shape index (κ1) is 79.5. The van der Waals surface area contributed by atoms with E-state index in [-0.39, 0.29) is 76.9 Å². The van der Waals surface area contributed by atoms with Crippen LogP contribution in [0.15, 0.2) is 18.2 Å². The Morgan fingerprint density at radius 2 is 1.32 bits per heavy atom. The molecule has 3 N–H and O–H groups in total. The lowest BCUT2D eigenvalue weighted by molar-refractivity contribution is -0.160. The van der Waals surface area contributed by atoms with Gasteiger partial charge in [-0.05, 0) is 113 Å². The van der Waals surface area contributed by atoms with Gasteiger partial charge in [-0.1, -0.05) is 83.9 Å². The molecule has 0 bridgehead atoms. The van der Waals surface area contributed by atoms with Gasteiger partial charge in [0.1, 0.15) is 54.4 Å². The Bertz CT molecular complexity index is 3100. The fraction of sp³-hybridized carbons (Fsp3) is 0.714. The van der Waals surface area contributed by atoms with E-state index in [2.05, 4.69) is 21.9 Å². The van der Waals surface area contributed by atoms with E-state index in [9.17, 15) is 70.7 Å². The summed E-state index contributed by atoms with van der Waals surface area (Å²) in [6.45, 7) is 9.00. The zero-order valence-corrected chi connectivity index (χ0v) is 59.8. The Hall–Kier alpha value is -7.50. The van der Waals surface area contributed by atoms with Crippen molar-refractivity contribution in [2.45, 2.75) is 224 Å². The average molecular weight is 1400 g/mol. The van der Waals surface area contributed by atoms with Crippen LogP contribution in [0.1, 0.15) is 168 Å². The van der Waals surface area contributed by atoms with Gasteiger partial charge in [0.25, 0.3) is 0 Å². The van der Waals surface area contributed by atoms with Crippen molar-refractivity contribution in [1.82, 2.24) is 60.0 Å². The quantitative estimate of drug-likeness (QED) is 0.265. The lowest BCUT2D eigenvalue weighted by atomic mass is 9.84. The fourth-order valence-electron chi connectivity index (χ4n) is 14.0. The minimum absolute atomic E-state index is 0.0248. The van der Waals surface area contributed by atoms with Crippen molar-refractivity contribution in [2.75, 3.05) is 81.6 Å². The molecule has 0 radical (unpaired) electrons. The lowest BCUT2D eigenvalue weighted by Gasteiger charge is -2.45. The Morgan fingerprint density at radius 3 is 1.92 bits per heavy atom. The smallest absolute Gasteiger partial charge is 0.354 e. The first-order valence-electron chi connectivity index (χ1n) is 34.9. The van der Waals surface area contributed by atoms with Crippen molar-refractivity contribution < 1.29 is 70.7 Å². The van der Waals surface area contributed by atoms with E-state index >= 15 is 0 Å². The summed E-state index contributed by atoms with van der Waals surface area (Å²) in [6.07, 6.45) is 8.59. The number of benzene rings is 1. The molecule has 4 heterocycles. The summed E-state index contributed by atoms with van der Waals surface area (Å²) in [6, 6.07) is -7.67. The number of amides is 12. The third kappa shape index (κ3) is 19.9. The number of piperidine rings is 1. The standard InChI is InChI=1S/C70H104ClF3N12O12/c1-13-24-51-62(91)77-59(44(5)14-2)68(97)79(8)45(6)63(92)86-38-33-53(86)66(95)81(10)54(40-46-25-17-15-18-26-46)65(94)78(7)42-56(87)76-50(32-30-47-29-31-48(49(71)39-47)70(72,73)74)64(93)85-37-23-27-52(85)61(90)75-34-20-19-28-57(88)83(12)60(43(3)4)69(98)82(11)55(41-58(89)80(51)9)67(96)84-35-21-16-22-36-84/h1,29,31,39,43-46,50-55,59-60H,14-28,30,32-38,40-42H2,2-12H3,(H,75,90)(H,76,87)(H,77,91)/t44-,45-,50-,51?,52-,53-,54-,55-,59-,60-/m0/s1. The molecule has 544 valence electrons. The van der Waals surface area contributed by atoms with Gasteiger partial charge >= 0.3 is 6.18 Å². The molecular weight excluding hydrogens is 1290 g/mol. The second-order valence-corrected chi connectivity index (χ2v) is 28.2. The summed E-state index contributed by atoms with van der Waals surface area (Å²) < 4.78 is 41.2. The minimum atomic E-state index is -4.74. The highest BCUT2D eigenvalue weighted by Crippen LogP contribution is 2.36. The molecule has 4 saturated heterocycles.